The maximum absolute atomic E-state index is 10.9. The summed E-state index contributed by atoms with van der Waals surface area (Å²) in [6, 6.07) is 4.58. The molecule has 16 heavy (non-hydrogen) atoms. The van der Waals surface area contributed by atoms with Gasteiger partial charge in [0.2, 0.25) is 0 Å². The average Bonchev–Trinajstić information content (AvgIpc) is 2.63. The van der Waals surface area contributed by atoms with Gasteiger partial charge in [0.15, 0.2) is 0 Å². The molecule has 0 amide bonds. The first kappa shape index (κ1) is 13.7. The Kier molecular flexibility index (Phi) is 5.44. The van der Waals surface area contributed by atoms with Gasteiger partial charge in [0.25, 0.3) is 0 Å². The Balaban J connectivity index is 2.14. The van der Waals surface area contributed by atoms with Crippen molar-refractivity contribution in [3.05, 3.63) is 22.4 Å². The molecule has 1 aromatic heterocycles. The Morgan fingerprint density at radius 1 is 1.50 bits per heavy atom. The fourth-order valence-electron chi connectivity index (χ4n) is 1.49. The summed E-state index contributed by atoms with van der Waals surface area (Å²) in [5.74, 6) is 0.270. The van der Waals surface area contributed by atoms with E-state index in [2.05, 4.69) is 29.8 Å². The second-order valence-corrected chi connectivity index (χ2v) is 7.41. The predicted molar refractivity (Wildman–Crippen MR) is 69.8 cm³/mol. The lowest BCUT2D eigenvalue weighted by Gasteiger charge is -2.12. The van der Waals surface area contributed by atoms with Crippen LogP contribution in [0, 0.1) is 0 Å². The number of thiophene rings is 1. The summed E-state index contributed by atoms with van der Waals surface area (Å²) in [7, 11) is -2.81. The van der Waals surface area contributed by atoms with Crippen LogP contribution in [0.25, 0.3) is 0 Å². The standard InChI is InChI=1S/C11H19NO2S2/c1-10(9-11-5-3-7-15-11)12-6-4-8-16(2,13)14/h3,5,7,10,12H,4,6,8-9H2,1-2H3. The van der Waals surface area contributed by atoms with Gasteiger partial charge in [-0.05, 0) is 37.8 Å². The third-order valence-electron chi connectivity index (χ3n) is 2.27. The molecule has 1 N–H and O–H groups in total. The average molecular weight is 261 g/mol. The molecule has 0 aromatic carbocycles. The van der Waals surface area contributed by atoms with E-state index < -0.39 is 9.84 Å². The molecule has 1 atom stereocenters. The van der Waals surface area contributed by atoms with Crippen molar-refractivity contribution in [1.82, 2.24) is 5.32 Å². The predicted octanol–water partition coefficient (Wildman–Crippen LogP) is 1.70. The van der Waals surface area contributed by atoms with Crippen LogP contribution in [0.1, 0.15) is 18.2 Å². The summed E-state index contributed by atoms with van der Waals surface area (Å²) in [6.45, 7) is 2.89. The van der Waals surface area contributed by atoms with Gasteiger partial charge in [-0.3, -0.25) is 0 Å². The monoisotopic (exact) mass is 261 g/mol. The lowest BCUT2D eigenvalue weighted by atomic mass is 10.2. The normalized spacial score (nSPS) is 13.9. The van der Waals surface area contributed by atoms with Crippen LogP contribution in [0.3, 0.4) is 0 Å². The number of nitrogens with one attached hydrogen (secondary N) is 1. The maximum atomic E-state index is 10.9. The number of hydrogen-bond acceptors (Lipinski definition) is 4. The van der Waals surface area contributed by atoms with Crippen molar-refractivity contribution in [2.24, 2.45) is 0 Å². The minimum absolute atomic E-state index is 0.270. The van der Waals surface area contributed by atoms with Crippen LogP contribution in [-0.2, 0) is 16.3 Å². The zero-order chi connectivity index (χ0) is 12.0. The second-order valence-electron chi connectivity index (χ2n) is 4.12. The van der Waals surface area contributed by atoms with Crippen LogP contribution < -0.4 is 5.32 Å². The molecule has 0 spiro atoms. The highest BCUT2D eigenvalue weighted by atomic mass is 32.2. The summed E-state index contributed by atoms with van der Waals surface area (Å²) in [5, 5.41) is 5.41. The first-order valence-electron chi connectivity index (χ1n) is 5.41. The van der Waals surface area contributed by atoms with E-state index >= 15 is 0 Å². The van der Waals surface area contributed by atoms with Gasteiger partial charge in [0.05, 0.1) is 5.75 Å². The highest BCUT2D eigenvalue weighted by Crippen LogP contribution is 2.10. The summed E-state index contributed by atoms with van der Waals surface area (Å²) in [4.78, 5) is 1.36. The Bertz CT molecular complexity index is 384. The Morgan fingerprint density at radius 2 is 2.25 bits per heavy atom. The molecule has 3 nitrogen and oxygen atoms in total. The van der Waals surface area contributed by atoms with E-state index in [1.807, 2.05) is 0 Å². The highest BCUT2D eigenvalue weighted by molar-refractivity contribution is 7.90. The molecular formula is C11H19NO2S2. The van der Waals surface area contributed by atoms with Crippen LogP contribution in [-0.4, -0.2) is 33.0 Å². The van der Waals surface area contributed by atoms with E-state index in [-0.39, 0.29) is 5.75 Å². The molecular weight excluding hydrogens is 242 g/mol. The largest absolute Gasteiger partial charge is 0.314 e. The molecule has 0 saturated heterocycles. The smallest absolute Gasteiger partial charge is 0.147 e. The van der Waals surface area contributed by atoms with Gasteiger partial charge < -0.3 is 5.32 Å². The maximum Gasteiger partial charge on any atom is 0.147 e. The van der Waals surface area contributed by atoms with Crippen LogP contribution in [0.15, 0.2) is 17.5 Å². The topological polar surface area (TPSA) is 46.2 Å². The van der Waals surface area contributed by atoms with Crippen molar-refractivity contribution in [2.45, 2.75) is 25.8 Å². The third kappa shape index (κ3) is 6.25. The van der Waals surface area contributed by atoms with Crippen molar-refractivity contribution >= 4 is 21.2 Å². The van der Waals surface area contributed by atoms with Gasteiger partial charge in [-0.1, -0.05) is 6.07 Å². The lowest BCUT2D eigenvalue weighted by Crippen LogP contribution is -2.29. The summed E-state index contributed by atoms with van der Waals surface area (Å²) in [5.41, 5.74) is 0. The van der Waals surface area contributed by atoms with Crippen LogP contribution in [0.2, 0.25) is 0 Å². The molecule has 0 aliphatic heterocycles. The molecule has 0 aliphatic rings. The Labute approximate surface area is 102 Å². The molecule has 0 saturated carbocycles. The van der Waals surface area contributed by atoms with Gasteiger partial charge in [-0.15, -0.1) is 11.3 Å². The van der Waals surface area contributed by atoms with E-state index in [4.69, 9.17) is 0 Å². The molecule has 5 heteroatoms. The van der Waals surface area contributed by atoms with E-state index in [0.29, 0.717) is 12.5 Å². The Hall–Kier alpha value is -0.390. The quantitative estimate of drug-likeness (QED) is 0.760. The van der Waals surface area contributed by atoms with Crippen molar-refractivity contribution < 1.29 is 8.42 Å². The molecule has 1 rings (SSSR count). The summed E-state index contributed by atoms with van der Waals surface area (Å²) < 4.78 is 21.8. The molecule has 0 fully saturated rings. The molecule has 92 valence electrons. The minimum Gasteiger partial charge on any atom is -0.314 e. The van der Waals surface area contributed by atoms with Gasteiger partial charge in [0, 0.05) is 17.2 Å². The minimum atomic E-state index is -2.81. The van der Waals surface area contributed by atoms with Gasteiger partial charge in [-0.25, -0.2) is 8.42 Å². The van der Waals surface area contributed by atoms with E-state index in [1.54, 1.807) is 11.3 Å². The summed E-state index contributed by atoms with van der Waals surface area (Å²) >= 11 is 1.76. The number of hydrogen-bond donors (Lipinski definition) is 1. The second kappa shape index (κ2) is 6.37. The van der Waals surface area contributed by atoms with Crippen molar-refractivity contribution in [2.75, 3.05) is 18.6 Å². The zero-order valence-corrected chi connectivity index (χ0v) is 11.4. The molecule has 1 heterocycles. The molecule has 0 aliphatic carbocycles. The zero-order valence-electron chi connectivity index (χ0n) is 9.77. The molecule has 0 radical (unpaired) electrons. The van der Waals surface area contributed by atoms with Crippen molar-refractivity contribution in [3.8, 4) is 0 Å². The van der Waals surface area contributed by atoms with E-state index in [1.165, 1.54) is 11.1 Å². The van der Waals surface area contributed by atoms with Gasteiger partial charge >= 0.3 is 0 Å². The first-order chi connectivity index (χ1) is 7.47. The fourth-order valence-corrected chi connectivity index (χ4v) is 2.99. The van der Waals surface area contributed by atoms with Crippen molar-refractivity contribution in [1.29, 1.82) is 0 Å². The van der Waals surface area contributed by atoms with E-state index in [9.17, 15) is 8.42 Å². The van der Waals surface area contributed by atoms with Crippen LogP contribution in [0.4, 0.5) is 0 Å². The van der Waals surface area contributed by atoms with Crippen LogP contribution >= 0.6 is 11.3 Å². The number of sulfone groups is 1. The molecule has 0 bridgehead atoms. The Morgan fingerprint density at radius 3 is 2.81 bits per heavy atom. The third-order valence-corrected chi connectivity index (χ3v) is 4.20. The first-order valence-corrected chi connectivity index (χ1v) is 8.35. The number of rotatable bonds is 7. The van der Waals surface area contributed by atoms with Crippen LogP contribution in [0.5, 0.6) is 0 Å². The fraction of sp³-hybridized carbons (Fsp3) is 0.636. The van der Waals surface area contributed by atoms with Gasteiger partial charge in [0.1, 0.15) is 9.84 Å². The molecule has 1 aromatic rings. The SMILES string of the molecule is CC(Cc1cccs1)NCCCS(C)(=O)=O. The van der Waals surface area contributed by atoms with E-state index in [0.717, 1.165) is 13.0 Å². The molecule has 1 unspecified atom stereocenters. The van der Waals surface area contributed by atoms with Gasteiger partial charge in [-0.2, -0.15) is 0 Å². The highest BCUT2D eigenvalue weighted by Gasteiger charge is 2.05. The lowest BCUT2D eigenvalue weighted by molar-refractivity contribution is 0.542. The van der Waals surface area contributed by atoms with Crippen molar-refractivity contribution in [3.63, 3.8) is 0 Å². The summed E-state index contributed by atoms with van der Waals surface area (Å²) in [6.07, 6.45) is 2.98.